The molecule has 0 aromatic heterocycles. The Morgan fingerprint density at radius 1 is 0.484 bits per heavy atom. The average molecular weight is 866 g/mol. The number of phenols is 2. The second-order valence-corrected chi connectivity index (χ2v) is 15.9. The molecule has 6 aromatic rings. The standard InChI is InChI=1S/C53H55NO10/c1-28-30(3)46(62-51(57)41-32(5)40(44(55)33(6)45(41)56)27-54-36(9)37-21-15-12-16-22-37)34(7)48(60-10)42(28)52(58)63-47-31(4)29(2)43(49(61-11)35(47)8)53(59)64-50(38-23-17-13-18-24-38)39-25-19-14-20-26-39/h12-26,36,50,54-56H,27H2,1-11H3/t36-/m0/s1. The molecule has 0 heterocycles. The number of phenolic OH excluding ortho intramolecular Hbond substituents is 2. The number of rotatable bonds is 14. The van der Waals surface area contributed by atoms with E-state index in [0.717, 1.165) is 16.7 Å². The first-order valence-electron chi connectivity index (χ1n) is 21.0. The number of carbonyl (C=O) groups excluding carboxylic acids is 3. The molecule has 6 rings (SSSR count). The molecule has 6 aromatic carbocycles. The third-order valence-electron chi connectivity index (χ3n) is 12.2. The molecule has 0 radical (unpaired) electrons. The van der Waals surface area contributed by atoms with Gasteiger partial charge in [0.2, 0.25) is 0 Å². The topological polar surface area (TPSA) is 150 Å². The first kappa shape index (κ1) is 46.4. The van der Waals surface area contributed by atoms with E-state index in [0.29, 0.717) is 44.5 Å². The Labute approximate surface area is 374 Å². The normalized spacial score (nSPS) is 11.6. The molecular weight excluding hydrogens is 811 g/mol. The Bertz CT molecular complexity index is 2690. The van der Waals surface area contributed by atoms with Crippen LogP contribution in [0.2, 0.25) is 0 Å². The van der Waals surface area contributed by atoms with Crippen molar-refractivity contribution in [3.8, 4) is 34.5 Å². The third kappa shape index (κ3) is 8.89. The zero-order chi connectivity index (χ0) is 46.6. The van der Waals surface area contributed by atoms with Crippen molar-refractivity contribution in [2.45, 2.75) is 81.0 Å². The quantitative estimate of drug-likeness (QED) is 0.0709. The number of nitrogens with one attached hydrogen (secondary N) is 1. The number of ether oxygens (including phenoxy) is 5. The maximum atomic E-state index is 14.4. The van der Waals surface area contributed by atoms with Crippen molar-refractivity contribution >= 4 is 17.9 Å². The average Bonchev–Trinajstić information content (AvgIpc) is 3.30. The Kier molecular flexibility index (Phi) is 14.1. The Balaban J connectivity index is 1.30. The van der Waals surface area contributed by atoms with Gasteiger partial charge in [0.1, 0.15) is 51.2 Å². The summed E-state index contributed by atoms with van der Waals surface area (Å²) < 4.78 is 30.1. The molecule has 0 bridgehead atoms. The molecule has 0 amide bonds. The minimum atomic E-state index is -0.857. The van der Waals surface area contributed by atoms with E-state index in [1.165, 1.54) is 21.1 Å². The summed E-state index contributed by atoms with van der Waals surface area (Å²) in [6.45, 7) is 15.6. The molecule has 0 aliphatic rings. The van der Waals surface area contributed by atoms with E-state index in [1.807, 2.05) is 97.9 Å². The summed E-state index contributed by atoms with van der Waals surface area (Å²) in [7, 11) is 2.84. The van der Waals surface area contributed by atoms with Gasteiger partial charge >= 0.3 is 17.9 Å². The van der Waals surface area contributed by atoms with Gasteiger partial charge in [-0.05, 0) is 107 Å². The van der Waals surface area contributed by atoms with Gasteiger partial charge < -0.3 is 39.2 Å². The molecule has 0 saturated carbocycles. The summed E-state index contributed by atoms with van der Waals surface area (Å²) in [5.74, 6) is -2.10. The third-order valence-corrected chi connectivity index (χ3v) is 12.2. The van der Waals surface area contributed by atoms with Crippen LogP contribution >= 0.6 is 0 Å². The van der Waals surface area contributed by atoms with Gasteiger partial charge in [-0.3, -0.25) is 0 Å². The van der Waals surface area contributed by atoms with Crippen molar-refractivity contribution in [2.75, 3.05) is 14.2 Å². The summed E-state index contributed by atoms with van der Waals surface area (Å²) in [6.07, 6.45) is -0.699. The molecule has 0 fully saturated rings. The molecule has 332 valence electrons. The van der Waals surface area contributed by atoms with Crippen LogP contribution in [0, 0.1) is 55.4 Å². The SMILES string of the molecule is COc1c(C)c(OC(=O)c2c(C)c(CN[C@@H](C)c3ccccc3)c(O)c(C)c2O)c(C)c(C)c1C(=O)Oc1c(C)c(C)c(C(=O)OC(c2ccccc2)c2ccccc2)c(OC)c1C. The highest BCUT2D eigenvalue weighted by Crippen LogP contribution is 2.44. The second-order valence-electron chi connectivity index (χ2n) is 15.9. The largest absolute Gasteiger partial charge is 0.507 e. The van der Waals surface area contributed by atoms with Crippen molar-refractivity contribution in [3.05, 3.63) is 174 Å². The maximum absolute atomic E-state index is 14.4. The van der Waals surface area contributed by atoms with Crippen LogP contribution in [-0.2, 0) is 11.3 Å². The van der Waals surface area contributed by atoms with E-state index in [-0.39, 0.29) is 63.6 Å². The molecule has 0 saturated heterocycles. The fraction of sp³-hybridized carbons (Fsp3) is 0.264. The van der Waals surface area contributed by atoms with E-state index in [1.54, 1.807) is 48.5 Å². The summed E-state index contributed by atoms with van der Waals surface area (Å²) in [6, 6.07) is 28.7. The Morgan fingerprint density at radius 3 is 1.33 bits per heavy atom. The van der Waals surface area contributed by atoms with Crippen LogP contribution < -0.4 is 24.3 Å². The Hall–Kier alpha value is -7.11. The van der Waals surface area contributed by atoms with Gasteiger partial charge in [0, 0.05) is 34.8 Å². The number of esters is 3. The van der Waals surface area contributed by atoms with E-state index in [4.69, 9.17) is 23.7 Å². The number of hydrogen-bond acceptors (Lipinski definition) is 11. The van der Waals surface area contributed by atoms with Gasteiger partial charge in [-0.25, -0.2) is 14.4 Å². The first-order valence-corrected chi connectivity index (χ1v) is 21.0. The molecule has 3 N–H and O–H groups in total. The van der Waals surface area contributed by atoms with E-state index >= 15 is 0 Å². The minimum Gasteiger partial charge on any atom is -0.507 e. The smallest absolute Gasteiger partial charge is 0.347 e. The lowest BCUT2D eigenvalue weighted by molar-refractivity contribution is 0.0373. The van der Waals surface area contributed by atoms with E-state index < -0.39 is 29.8 Å². The number of carbonyl (C=O) groups is 3. The number of hydrogen-bond donors (Lipinski definition) is 3. The highest BCUT2D eigenvalue weighted by Gasteiger charge is 2.33. The van der Waals surface area contributed by atoms with Crippen molar-refractivity contribution < 1.29 is 48.3 Å². The van der Waals surface area contributed by atoms with Gasteiger partial charge in [-0.15, -0.1) is 0 Å². The zero-order valence-corrected chi connectivity index (χ0v) is 38.2. The van der Waals surface area contributed by atoms with Crippen molar-refractivity contribution in [1.29, 1.82) is 0 Å². The summed E-state index contributed by atoms with van der Waals surface area (Å²) in [5, 5.41) is 25.7. The fourth-order valence-corrected chi connectivity index (χ4v) is 8.16. The fourth-order valence-electron chi connectivity index (χ4n) is 8.16. The molecule has 11 heteroatoms. The van der Waals surface area contributed by atoms with E-state index in [9.17, 15) is 24.6 Å². The summed E-state index contributed by atoms with van der Waals surface area (Å²) in [4.78, 5) is 42.6. The molecule has 0 unspecified atom stereocenters. The van der Waals surface area contributed by atoms with Crippen molar-refractivity contribution in [3.63, 3.8) is 0 Å². The van der Waals surface area contributed by atoms with Crippen LogP contribution in [0.25, 0.3) is 0 Å². The lowest BCUT2D eigenvalue weighted by atomic mass is 9.94. The van der Waals surface area contributed by atoms with E-state index in [2.05, 4.69) is 5.32 Å². The maximum Gasteiger partial charge on any atom is 0.347 e. The zero-order valence-electron chi connectivity index (χ0n) is 38.2. The molecule has 0 aliphatic heterocycles. The van der Waals surface area contributed by atoms with Crippen LogP contribution in [0.1, 0.15) is 117 Å². The minimum absolute atomic E-state index is 0.0732. The van der Waals surface area contributed by atoms with Gasteiger partial charge in [0.25, 0.3) is 0 Å². The van der Waals surface area contributed by atoms with Gasteiger partial charge in [-0.1, -0.05) is 91.0 Å². The number of aromatic hydroxyl groups is 2. The van der Waals surface area contributed by atoms with Gasteiger partial charge in [0.15, 0.2) is 6.10 Å². The predicted octanol–water partition coefficient (Wildman–Crippen LogP) is 10.8. The van der Waals surface area contributed by atoms with Crippen LogP contribution in [0.4, 0.5) is 0 Å². The number of benzene rings is 6. The monoisotopic (exact) mass is 865 g/mol. The molecule has 0 aliphatic carbocycles. The van der Waals surface area contributed by atoms with Crippen molar-refractivity contribution in [1.82, 2.24) is 5.32 Å². The highest BCUT2D eigenvalue weighted by molar-refractivity contribution is 6.01. The molecule has 0 spiro atoms. The molecule has 64 heavy (non-hydrogen) atoms. The van der Waals surface area contributed by atoms with Crippen LogP contribution in [0.15, 0.2) is 91.0 Å². The first-order chi connectivity index (χ1) is 30.5. The predicted molar refractivity (Wildman–Crippen MR) is 245 cm³/mol. The van der Waals surface area contributed by atoms with Gasteiger partial charge in [0.05, 0.1) is 14.2 Å². The Morgan fingerprint density at radius 2 is 0.891 bits per heavy atom. The van der Waals surface area contributed by atoms with Crippen LogP contribution in [0.3, 0.4) is 0 Å². The molecule has 1 atom stereocenters. The van der Waals surface area contributed by atoms with Crippen LogP contribution in [0.5, 0.6) is 34.5 Å². The second kappa shape index (κ2) is 19.5. The lowest BCUT2D eigenvalue weighted by Gasteiger charge is -2.24. The lowest BCUT2D eigenvalue weighted by Crippen LogP contribution is -2.21. The van der Waals surface area contributed by atoms with Gasteiger partial charge in [-0.2, -0.15) is 0 Å². The van der Waals surface area contributed by atoms with Crippen molar-refractivity contribution in [2.24, 2.45) is 0 Å². The highest BCUT2D eigenvalue weighted by atomic mass is 16.6. The number of methoxy groups -OCH3 is 2. The summed E-state index contributed by atoms with van der Waals surface area (Å²) >= 11 is 0. The van der Waals surface area contributed by atoms with Crippen LogP contribution in [-0.4, -0.2) is 42.3 Å². The summed E-state index contributed by atoms with van der Waals surface area (Å²) in [5.41, 5.74) is 6.40. The molecular formula is C53H55NO10. The molecule has 11 nitrogen and oxygen atoms in total.